The van der Waals surface area contributed by atoms with Gasteiger partial charge in [-0.2, -0.15) is 5.26 Å². The van der Waals surface area contributed by atoms with Gasteiger partial charge in [0.1, 0.15) is 11.8 Å². The second kappa shape index (κ2) is 9.08. The molecule has 0 aliphatic heterocycles. The van der Waals surface area contributed by atoms with E-state index >= 15 is 0 Å². The minimum absolute atomic E-state index is 0.0791. The largest absolute Gasteiger partial charge is 0.502 e. The van der Waals surface area contributed by atoms with Crippen molar-refractivity contribution in [3.63, 3.8) is 0 Å². The van der Waals surface area contributed by atoms with Crippen LogP contribution in [0.15, 0.2) is 37.1 Å². The van der Waals surface area contributed by atoms with Gasteiger partial charge in [-0.25, -0.2) is 0 Å². The Morgan fingerprint density at radius 2 is 2.33 bits per heavy atom. The second-order valence-corrected chi connectivity index (χ2v) is 3.66. The van der Waals surface area contributed by atoms with Crippen LogP contribution in [0.25, 0.3) is 0 Å². The van der Waals surface area contributed by atoms with Gasteiger partial charge in [0.05, 0.1) is 12.9 Å². The number of hydrogen-bond acceptors (Lipinski definition) is 4. The first-order chi connectivity index (χ1) is 8.86. The van der Waals surface area contributed by atoms with Crippen LogP contribution in [0.3, 0.4) is 0 Å². The van der Waals surface area contributed by atoms with Crippen molar-refractivity contribution in [2.45, 2.75) is 13.0 Å². The number of nitrogens with zero attached hydrogens (tertiary/aromatic N) is 1. The van der Waals surface area contributed by atoms with E-state index in [0.29, 0.717) is 6.61 Å². The summed E-state index contributed by atoms with van der Waals surface area (Å²) < 4.78 is 10.3. The topological polar surface area (TPSA) is 54.3 Å². The van der Waals surface area contributed by atoms with E-state index in [0.717, 1.165) is 30.8 Å². The van der Waals surface area contributed by atoms with Crippen molar-refractivity contribution in [1.82, 2.24) is 5.32 Å². The molecule has 0 radical (unpaired) electrons. The average molecular weight is 246 g/mol. The molecule has 0 fully saturated rings. The molecule has 0 spiro atoms. The van der Waals surface area contributed by atoms with Gasteiger partial charge in [0.15, 0.2) is 6.61 Å². The fraction of sp³-hybridized carbons (Fsp3) is 0.357. The highest BCUT2D eigenvalue weighted by molar-refractivity contribution is 5.28. The number of ether oxygens (including phenoxy) is 2. The average Bonchev–Trinajstić information content (AvgIpc) is 2.41. The summed E-state index contributed by atoms with van der Waals surface area (Å²) in [5.41, 5.74) is 1.13. The SMILES string of the molecule is C=COCCCNCc1cccc(OCC#N)c1. The van der Waals surface area contributed by atoms with Crippen LogP contribution in [0.2, 0.25) is 0 Å². The Morgan fingerprint density at radius 1 is 1.44 bits per heavy atom. The summed E-state index contributed by atoms with van der Waals surface area (Å²) in [4.78, 5) is 0. The van der Waals surface area contributed by atoms with Crippen LogP contribution in [0.5, 0.6) is 5.75 Å². The predicted octanol–water partition coefficient (Wildman–Crippen LogP) is 2.23. The number of nitriles is 1. The predicted molar refractivity (Wildman–Crippen MR) is 70.0 cm³/mol. The normalized spacial score (nSPS) is 9.50. The van der Waals surface area contributed by atoms with E-state index in [-0.39, 0.29) is 6.61 Å². The monoisotopic (exact) mass is 246 g/mol. The summed E-state index contributed by atoms with van der Waals surface area (Å²) in [6, 6.07) is 9.67. The molecule has 1 N–H and O–H groups in total. The van der Waals surface area contributed by atoms with Crippen LogP contribution in [-0.4, -0.2) is 19.8 Å². The van der Waals surface area contributed by atoms with Crippen molar-refractivity contribution in [2.75, 3.05) is 19.8 Å². The van der Waals surface area contributed by atoms with Gasteiger partial charge >= 0.3 is 0 Å². The highest BCUT2D eigenvalue weighted by atomic mass is 16.5. The Balaban J connectivity index is 2.25. The van der Waals surface area contributed by atoms with Gasteiger partial charge in [0.25, 0.3) is 0 Å². The number of nitrogens with one attached hydrogen (secondary N) is 1. The lowest BCUT2D eigenvalue weighted by Crippen LogP contribution is -2.16. The van der Waals surface area contributed by atoms with Crippen LogP contribution in [0.4, 0.5) is 0 Å². The fourth-order valence-electron chi connectivity index (χ4n) is 1.46. The van der Waals surface area contributed by atoms with Gasteiger partial charge < -0.3 is 14.8 Å². The second-order valence-electron chi connectivity index (χ2n) is 3.66. The van der Waals surface area contributed by atoms with E-state index in [1.807, 2.05) is 30.3 Å². The maximum Gasteiger partial charge on any atom is 0.174 e. The molecule has 0 bridgehead atoms. The summed E-state index contributed by atoms with van der Waals surface area (Å²) in [7, 11) is 0. The lowest BCUT2D eigenvalue weighted by Gasteiger charge is -2.07. The van der Waals surface area contributed by atoms with Crippen LogP contribution in [-0.2, 0) is 11.3 Å². The molecule has 1 aromatic carbocycles. The van der Waals surface area contributed by atoms with E-state index in [4.69, 9.17) is 14.7 Å². The highest BCUT2D eigenvalue weighted by Crippen LogP contribution is 2.12. The molecule has 0 unspecified atom stereocenters. The van der Waals surface area contributed by atoms with Crippen molar-refractivity contribution in [2.24, 2.45) is 0 Å². The Labute approximate surface area is 108 Å². The highest BCUT2D eigenvalue weighted by Gasteiger charge is 1.96. The first-order valence-electron chi connectivity index (χ1n) is 5.88. The molecule has 0 aliphatic carbocycles. The first-order valence-corrected chi connectivity index (χ1v) is 5.88. The van der Waals surface area contributed by atoms with E-state index in [1.54, 1.807) is 0 Å². The number of rotatable bonds is 9. The molecule has 0 saturated heterocycles. The smallest absolute Gasteiger partial charge is 0.174 e. The molecular formula is C14H18N2O2. The quantitative estimate of drug-likeness (QED) is 0.536. The van der Waals surface area contributed by atoms with Gasteiger partial charge in [-0.15, -0.1) is 0 Å². The molecule has 96 valence electrons. The molecule has 0 amide bonds. The van der Waals surface area contributed by atoms with E-state index in [9.17, 15) is 0 Å². The maximum atomic E-state index is 8.43. The van der Waals surface area contributed by atoms with Crippen molar-refractivity contribution in [1.29, 1.82) is 5.26 Å². The molecule has 1 aromatic rings. The summed E-state index contributed by atoms with van der Waals surface area (Å²) in [5, 5.41) is 11.7. The molecule has 4 nitrogen and oxygen atoms in total. The van der Waals surface area contributed by atoms with Gasteiger partial charge in [-0.05, 0) is 30.7 Å². The minimum Gasteiger partial charge on any atom is -0.502 e. The molecule has 0 aromatic heterocycles. The Morgan fingerprint density at radius 3 is 3.11 bits per heavy atom. The van der Waals surface area contributed by atoms with E-state index < -0.39 is 0 Å². The van der Waals surface area contributed by atoms with Gasteiger partial charge in [-0.1, -0.05) is 18.7 Å². The Bertz CT molecular complexity index is 399. The molecule has 0 saturated carbocycles. The van der Waals surface area contributed by atoms with Crippen LogP contribution < -0.4 is 10.1 Å². The summed E-state index contributed by atoms with van der Waals surface area (Å²) in [5.74, 6) is 0.728. The zero-order valence-electron chi connectivity index (χ0n) is 10.4. The zero-order chi connectivity index (χ0) is 13.1. The number of hydrogen-bond donors (Lipinski definition) is 1. The van der Waals surface area contributed by atoms with Gasteiger partial charge in [-0.3, -0.25) is 0 Å². The third-order valence-corrected chi connectivity index (χ3v) is 2.26. The van der Waals surface area contributed by atoms with Gasteiger partial charge in [0, 0.05) is 6.54 Å². The molecule has 1 rings (SSSR count). The number of benzene rings is 1. The molecule has 4 heteroatoms. The van der Waals surface area contributed by atoms with Gasteiger partial charge in [0.2, 0.25) is 0 Å². The third kappa shape index (κ3) is 5.92. The molecular weight excluding hydrogens is 228 g/mol. The lowest BCUT2D eigenvalue weighted by molar-refractivity contribution is 0.244. The zero-order valence-corrected chi connectivity index (χ0v) is 10.4. The Hall–Kier alpha value is -1.99. The van der Waals surface area contributed by atoms with Crippen molar-refractivity contribution in [3.05, 3.63) is 42.7 Å². The van der Waals surface area contributed by atoms with Crippen LogP contribution >= 0.6 is 0 Å². The molecule has 0 atom stereocenters. The van der Waals surface area contributed by atoms with E-state index in [1.165, 1.54) is 6.26 Å². The summed E-state index contributed by atoms with van der Waals surface area (Å²) in [6.07, 6.45) is 2.40. The van der Waals surface area contributed by atoms with E-state index in [2.05, 4.69) is 11.9 Å². The maximum absolute atomic E-state index is 8.43. The summed E-state index contributed by atoms with van der Waals surface area (Å²) in [6.45, 7) is 5.90. The van der Waals surface area contributed by atoms with Crippen LogP contribution in [0, 0.1) is 11.3 Å². The standard InChI is InChI=1S/C14H18N2O2/c1-2-17-9-4-8-16-12-13-5-3-6-14(11-13)18-10-7-15/h2-3,5-6,11,16H,1,4,8-10,12H2. The fourth-order valence-corrected chi connectivity index (χ4v) is 1.46. The Kier molecular flexibility index (Phi) is 7.10. The molecule has 18 heavy (non-hydrogen) atoms. The van der Waals surface area contributed by atoms with Crippen molar-refractivity contribution < 1.29 is 9.47 Å². The lowest BCUT2D eigenvalue weighted by atomic mass is 10.2. The minimum atomic E-state index is 0.0791. The van der Waals surface area contributed by atoms with Crippen LogP contribution in [0.1, 0.15) is 12.0 Å². The van der Waals surface area contributed by atoms with Crippen molar-refractivity contribution in [3.8, 4) is 11.8 Å². The summed E-state index contributed by atoms with van der Waals surface area (Å²) >= 11 is 0. The molecule has 0 aliphatic rings. The third-order valence-electron chi connectivity index (χ3n) is 2.26. The first kappa shape index (κ1) is 14.1. The molecule has 0 heterocycles. The van der Waals surface area contributed by atoms with Crippen molar-refractivity contribution >= 4 is 0 Å².